The topological polar surface area (TPSA) is 58.6 Å². The Morgan fingerprint density at radius 2 is 2.00 bits per heavy atom. The van der Waals surface area contributed by atoms with Gasteiger partial charge in [0.25, 0.3) is 0 Å². The monoisotopic (exact) mass is 344 g/mol. The van der Waals surface area contributed by atoms with Gasteiger partial charge < -0.3 is 9.64 Å². The minimum absolute atomic E-state index is 0.0324. The highest BCUT2D eigenvalue weighted by atomic mass is 32.2. The Labute approximate surface area is 137 Å². The van der Waals surface area contributed by atoms with E-state index in [-0.39, 0.29) is 10.6 Å². The van der Waals surface area contributed by atoms with Crippen LogP contribution in [0.1, 0.15) is 26.7 Å². The van der Waals surface area contributed by atoms with E-state index in [9.17, 15) is 12.8 Å². The van der Waals surface area contributed by atoms with Crippen LogP contribution < -0.4 is 9.46 Å². The first-order chi connectivity index (χ1) is 10.8. The molecule has 0 aliphatic carbocycles. The summed E-state index contributed by atoms with van der Waals surface area (Å²) in [6.07, 6.45) is 1.94. The molecule has 1 aromatic rings. The van der Waals surface area contributed by atoms with Crippen LogP contribution in [-0.4, -0.2) is 46.1 Å². The number of benzene rings is 1. The molecule has 1 heterocycles. The Kier molecular flexibility index (Phi) is 6.00. The second-order valence-electron chi connectivity index (χ2n) is 6.22. The smallest absolute Gasteiger partial charge is 0.240 e. The summed E-state index contributed by atoms with van der Waals surface area (Å²) in [5.41, 5.74) is 0. The summed E-state index contributed by atoms with van der Waals surface area (Å²) in [6.45, 7) is 6.70. The zero-order valence-corrected chi connectivity index (χ0v) is 14.7. The van der Waals surface area contributed by atoms with Crippen molar-refractivity contribution in [2.45, 2.75) is 37.6 Å². The van der Waals surface area contributed by atoms with Crippen LogP contribution in [-0.2, 0) is 10.0 Å². The molecular weight excluding hydrogens is 319 g/mol. The summed E-state index contributed by atoms with van der Waals surface area (Å²) in [4.78, 5) is 2.32. The second-order valence-corrected chi connectivity index (χ2v) is 7.99. The average Bonchev–Trinajstić information content (AvgIpc) is 2.53. The standard InChI is InChI=1S/C16H25FN2O3S/c1-12(2)19-8-6-13(7-9-19)11-18-23(20,21)14-4-5-16(22-3)15(17)10-14/h4-5,10,12-13,18H,6-9,11H2,1-3H3. The first-order valence-corrected chi connectivity index (χ1v) is 9.39. The lowest BCUT2D eigenvalue weighted by molar-refractivity contribution is 0.151. The zero-order chi connectivity index (χ0) is 17.0. The summed E-state index contributed by atoms with van der Waals surface area (Å²) in [5.74, 6) is -0.325. The quantitative estimate of drug-likeness (QED) is 0.860. The van der Waals surface area contributed by atoms with Gasteiger partial charge in [0.2, 0.25) is 10.0 Å². The van der Waals surface area contributed by atoms with Crippen molar-refractivity contribution in [3.63, 3.8) is 0 Å². The van der Waals surface area contributed by atoms with Crippen LogP contribution in [0.4, 0.5) is 4.39 Å². The van der Waals surface area contributed by atoms with Crippen LogP contribution >= 0.6 is 0 Å². The molecule has 1 N–H and O–H groups in total. The number of likely N-dealkylation sites (tertiary alicyclic amines) is 1. The molecule has 7 heteroatoms. The first-order valence-electron chi connectivity index (χ1n) is 7.90. The lowest BCUT2D eigenvalue weighted by atomic mass is 9.96. The summed E-state index contributed by atoms with van der Waals surface area (Å²) in [6, 6.07) is 4.19. The van der Waals surface area contributed by atoms with Crippen LogP contribution in [0.3, 0.4) is 0 Å². The molecule has 0 unspecified atom stereocenters. The number of hydrogen-bond donors (Lipinski definition) is 1. The van der Waals surface area contributed by atoms with Gasteiger partial charge in [0.15, 0.2) is 11.6 Å². The number of nitrogens with one attached hydrogen (secondary N) is 1. The molecule has 2 rings (SSSR count). The van der Waals surface area contributed by atoms with Gasteiger partial charge in [0.1, 0.15) is 0 Å². The third-order valence-corrected chi connectivity index (χ3v) is 5.80. The SMILES string of the molecule is COc1ccc(S(=O)(=O)NCC2CCN(C(C)C)CC2)cc1F. The maximum atomic E-state index is 13.7. The lowest BCUT2D eigenvalue weighted by Gasteiger charge is -2.34. The highest BCUT2D eigenvalue weighted by molar-refractivity contribution is 7.89. The normalized spacial score (nSPS) is 17.6. The van der Waals surface area contributed by atoms with Crippen molar-refractivity contribution >= 4 is 10.0 Å². The molecule has 1 aliphatic heterocycles. The average molecular weight is 344 g/mol. The molecule has 1 fully saturated rings. The third-order valence-electron chi connectivity index (χ3n) is 4.38. The van der Waals surface area contributed by atoms with Crippen molar-refractivity contribution in [1.29, 1.82) is 0 Å². The molecule has 1 saturated heterocycles. The summed E-state index contributed by atoms with van der Waals surface area (Å²) >= 11 is 0. The molecule has 0 atom stereocenters. The molecule has 0 spiro atoms. The molecular formula is C16H25FN2O3S. The van der Waals surface area contributed by atoms with Crippen LogP contribution in [0.25, 0.3) is 0 Å². The van der Waals surface area contributed by atoms with E-state index in [1.807, 2.05) is 0 Å². The Hall–Kier alpha value is -1.18. The van der Waals surface area contributed by atoms with Gasteiger partial charge in [0.05, 0.1) is 12.0 Å². The van der Waals surface area contributed by atoms with Crippen molar-refractivity contribution < 1.29 is 17.5 Å². The third kappa shape index (κ3) is 4.65. The van der Waals surface area contributed by atoms with Gasteiger partial charge in [-0.25, -0.2) is 17.5 Å². The van der Waals surface area contributed by atoms with E-state index in [0.717, 1.165) is 32.0 Å². The predicted molar refractivity (Wildman–Crippen MR) is 87.6 cm³/mol. The van der Waals surface area contributed by atoms with E-state index >= 15 is 0 Å². The van der Waals surface area contributed by atoms with E-state index in [1.165, 1.54) is 19.2 Å². The van der Waals surface area contributed by atoms with E-state index in [1.54, 1.807) is 0 Å². The predicted octanol–water partition coefficient (Wildman–Crippen LogP) is 2.23. The number of piperidine rings is 1. The fraction of sp³-hybridized carbons (Fsp3) is 0.625. The van der Waals surface area contributed by atoms with E-state index in [0.29, 0.717) is 18.5 Å². The van der Waals surface area contributed by atoms with Gasteiger partial charge in [-0.2, -0.15) is 0 Å². The number of nitrogens with zero attached hydrogens (tertiary/aromatic N) is 1. The molecule has 0 amide bonds. The second kappa shape index (κ2) is 7.59. The minimum atomic E-state index is -3.70. The summed E-state index contributed by atoms with van der Waals surface area (Å²) in [5, 5.41) is 0. The van der Waals surface area contributed by atoms with Gasteiger partial charge in [-0.1, -0.05) is 0 Å². The van der Waals surface area contributed by atoms with Gasteiger partial charge >= 0.3 is 0 Å². The van der Waals surface area contributed by atoms with Crippen LogP contribution in [0.15, 0.2) is 23.1 Å². The fourth-order valence-corrected chi connectivity index (χ4v) is 3.93. The van der Waals surface area contributed by atoms with Crippen LogP contribution in [0.2, 0.25) is 0 Å². The Morgan fingerprint density at radius 1 is 1.35 bits per heavy atom. The number of hydrogen-bond acceptors (Lipinski definition) is 4. The van der Waals surface area contributed by atoms with Crippen molar-refractivity contribution in [1.82, 2.24) is 9.62 Å². The van der Waals surface area contributed by atoms with E-state index in [2.05, 4.69) is 23.5 Å². The van der Waals surface area contributed by atoms with E-state index < -0.39 is 15.8 Å². The first kappa shape index (κ1) is 18.2. The Balaban J connectivity index is 1.93. The van der Waals surface area contributed by atoms with Gasteiger partial charge in [-0.3, -0.25) is 0 Å². The molecule has 0 radical (unpaired) electrons. The molecule has 1 aliphatic rings. The molecule has 5 nitrogen and oxygen atoms in total. The number of halogens is 1. The molecule has 0 saturated carbocycles. The minimum Gasteiger partial charge on any atom is -0.494 e. The number of rotatable bonds is 6. The zero-order valence-electron chi connectivity index (χ0n) is 13.9. The molecule has 0 aromatic heterocycles. The van der Waals surface area contributed by atoms with Gasteiger partial charge in [-0.05, 0) is 63.9 Å². The Morgan fingerprint density at radius 3 is 2.52 bits per heavy atom. The van der Waals surface area contributed by atoms with Crippen molar-refractivity contribution in [3.05, 3.63) is 24.0 Å². The number of sulfonamides is 1. The van der Waals surface area contributed by atoms with Crippen molar-refractivity contribution in [2.75, 3.05) is 26.7 Å². The lowest BCUT2D eigenvalue weighted by Crippen LogP contribution is -2.41. The largest absolute Gasteiger partial charge is 0.494 e. The Bertz CT molecular complexity index is 626. The van der Waals surface area contributed by atoms with E-state index in [4.69, 9.17) is 4.74 Å². The molecule has 1 aromatic carbocycles. The van der Waals surface area contributed by atoms with Crippen LogP contribution in [0.5, 0.6) is 5.75 Å². The van der Waals surface area contributed by atoms with Crippen molar-refractivity contribution in [2.24, 2.45) is 5.92 Å². The summed E-state index contributed by atoms with van der Waals surface area (Å²) < 4.78 is 45.6. The van der Waals surface area contributed by atoms with Gasteiger partial charge in [-0.15, -0.1) is 0 Å². The number of ether oxygens (including phenoxy) is 1. The highest BCUT2D eigenvalue weighted by Gasteiger charge is 2.23. The van der Waals surface area contributed by atoms with Crippen LogP contribution in [0, 0.1) is 11.7 Å². The maximum absolute atomic E-state index is 13.7. The highest BCUT2D eigenvalue weighted by Crippen LogP contribution is 2.22. The number of methoxy groups -OCH3 is 1. The molecule has 23 heavy (non-hydrogen) atoms. The molecule has 130 valence electrons. The molecule has 0 bridgehead atoms. The van der Waals surface area contributed by atoms with Crippen molar-refractivity contribution in [3.8, 4) is 5.75 Å². The summed E-state index contributed by atoms with van der Waals surface area (Å²) in [7, 11) is -2.35. The maximum Gasteiger partial charge on any atom is 0.240 e. The fourth-order valence-electron chi connectivity index (χ4n) is 2.80. The van der Waals surface area contributed by atoms with Gasteiger partial charge in [0, 0.05) is 12.6 Å².